The summed E-state index contributed by atoms with van der Waals surface area (Å²) in [5, 5.41) is 9.34. The van der Waals surface area contributed by atoms with Crippen LogP contribution in [0, 0.1) is 22.9 Å². The summed E-state index contributed by atoms with van der Waals surface area (Å²) in [6.45, 7) is 2.08. The van der Waals surface area contributed by atoms with Crippen LogP contribution in [0.25, 0.3) is 11.3 Å². The number of hydrogen-bond donors (Lipinski definition) is 1. The summed E-state index contributed by atoms with van der Waals surface area (Å²) in [4.78, 5) is 3.28. The summed E-state index contributed by atoms with van der Waals surface area (Å²) < 4.78 is 0.573. The highest BCUT2D eigenvalue weighted by atomic mass is 32.1. The highest BCUT2D eigenvalue weighted by Crippen LogP contribution is 2.32. The molecule has 0 saturated heterocycles. The summed E-state index contributed by atoms with van der Waals surface area (Å²) in [5.41, 5.74) is 6.62. The van der Waals surface area contributed by atoms with Crippen LogP contribution in [0.5, 0.6) is 0 Å². The molecule has 1 aliphatic rings. The molecule has 20 heavy (non-hydrogen) atoms. The van der Waals surface area contributed by atoms with Gasteiger partial charge < -0.3 is 4.98 Å². The highest BCUT2D eigenvalue weighted by Gasteiger charge is 2.19. The number of hydrogen-bond acceptors (Lipinski definition) is 2. The Balaban J connectivity index is 2.27. The van der Waals surface area contributed by atoms with Crippen LogP contribution in [-0.2, 0) is 12.8 Å². The van der Waals surface area contributed by atoms with Crippen molar-refractivity contribution in [2.45, 2.75) is 32.6 Å². The zero-order valence-corrected chi connectivity index (χ0v) is 12.3. The molecule has 0 spiro atoms. The predicted molar refractivity (Wildman–Crippen MR) is 83.2 cm³/mol. The molecule has 0 bridgehead atoms. The van der Waals surface area contributed by atoms with Gasteiger partial charge in [-0.2, -0.15) is 5.26 Å². The molecule has 1 aromatic heterocycles. The number of fused-ring (bicyclic) bond motifs is 1. The fourth-order valence-electron chi connectivity index (χ4n) is 2.93. The molecule has 3 rings (SSSR count). The van der Waals surface area contributed by atoms with E-state index in [0.717, 1.165) is 36.1 Å². The topological polar surface area (TPSA) is 39.6 Å². The van der Waals surface area contributed by atoms with E-state index in [-0.39, 0.29) is 0 Å². The minimum absolute atomic E-state index is 0.573. The molecule has 2 aromatic rings. The van der Waals surface area contributed by atoms with Gasteiger partial charge in [0.1, 0.15) is 10.7 Å². The molecule has 0 saturated carbocycles. The van der Waals surface area contributed by atoms with Crippen molar-refractivity contribution in [3.05, 3.63) is 51.2 Å². The molecular formula is C17H16N2S. The first kappa shape index (κ1) is 13.1. The minimum atomic E-state index is 0.573. The average molecular weight is 280 g/mol. The van der Waals surface area contributed by atoms with E-state index in [0.29, 0.717) is 10.2 Å². The third-order valence-corrected chi connectivity index (χ3v) is 4.30. The lowest BCUT2D eigenvalue weighted by Crippen LogP contribution is -2.09. The second-order valence-electron chi connectivity index (χ2n) is 5.35. The van der Waals surface area contributed by atoms with Gasteiger partial charge in [-0.3, -0.25) is 0 Å². The van der Waals surface area contributed by atoms with Crippen LogP contribution in [0.1, 0.15) is 35.1 Å². The molecule has 100 valence electrons. The van der Waals surface area contributed by atoms with Crippen LogP contribution in [-0.4, -0.2) is 4.98 Å². The van der Waals surface area contributed by atoms with Gasteiger partial charge >= 0.3 is 0 Å². The number of aryl methyl sites for hydroxylation is 1. The Kier molecular flexibility index (Phi) is 3.42. The van der Waals surface area contributed by atoms with Crippen molar-refractivity contribution in [3.8, 4) is 17.3 Å². The van der Waals surface area contributed by atoms with Gasteiger partial charge in [-0.15, -0.1) is 0 Å². The number of nitrogens with one attached hydrogen (secondary N) is 1. The predicted octanol–water partition coefficient (Wildman–Crippen LogP) is 4.47. The Bertz CT molecular complexity index is 748. The van der Waals surface area contributed by atoms with Gasteiger partial charge in [0, 0.05) is 5.69 Å². The lowest BCUT2D eigenvalue weighted by atomic mass is 9.86. The van der Waals surface area contributed by atoms with Crippen molar-refractivity contribution in [3.63, 3.8) is 0 Å². The van der Waals surface area contributed by atoms with Gasteiger partial charge in [0.05, 0.1) is 5.56 Å². The first-order valence-electron chi connectivity index (χ1n) is 6.96. The molecule has 2 nitrogen and oxygen atoms in total. The summed E-state index contributed by atoms with van der Waals surface area (Å²) in [5.74, 6) is 0. The van der Waals surface area contributed by atoms with Crippen molar-refractivity contribution < 1.29 is 0 Å². The molecular weight excluding hydrogens is 264 g/mol. The van der Waals surface area contributed by atoms with Crippen LogP contribution in [0.15, 0.2) is 24.3 Å². The number of pyridine rings is 1. The molecule has 0 amide bonds. The fourth-order valence-corrected chi connectivity index (χ4v) is 3.20. The summed E-state index contributed by atoms with van der Waals surface area (Å²) in [7, 11) is 0. The Morgan fingerprint density at radius 3 is 2.40 bits per heavy atom. The zero-order valence-electron chi connectivity index (χ0n) is 11.5. The molecule has 3 heteroatoms. The molecule has 0 radical (unpaired) electrons. The van der Waals surface area contributed by atoms with Crippen molar-refractivity contribution in [1.82, 2.24) is 4.98 Å². The number of H-pyrrole nitrogens is 1. The second kappa shape index (κ2) is 5.22. The van der Waals surface area contributed by atoms with Crippen molar-refractivity contribution in [2.24, 2.45) is 0 Å². The average Bonchev–Trinajstić information content (AvgIpc) is 2.47. The van der Waals surface area contributed by atoms with E-state index in [4.69, 9.17) is 12.2 Å². The second-order valence-corrected chi connectivity index (χ2v) is 5.75. The lowest BCUT2D eigenvalue weighted by molar-refractivity contribution is 0.681. The number of aromatic nitrogens is 1. The molecule has 1 N–H and O–H groups in total. The summed E-state index contributed by atoms with van der Waals surface area (Å²) >= 11 is 5.37. The molecule has 0 unspecified atom stereocenters. The molecule has 1 heterocycles. The normalized spacial score (nSPS) is 13.6. The third-order valence-electron chi connectivity index (χ3n) is 3.99. The molecule has 1 aromatic carbocycles. The van der Waals surface area contributed by atoms with Crippen LogP contribution in [0.2, 0.25) is 0 Å². The Hall–Kier alpha value is -1.92. The third kappa shape index (κ3) is 2.17. The van der Waals surface area contributed by atoms with Gasteiger partial charge in [-0.1, -0.05) is 42.0 Å². The number of nitriles is 1. The molecule has 0 aliphatic heterocycles. The van der Waals surface area contributed by atoms with Gasteiger partial charge in [-0.05, 0) is 49.3 Å². The fraction of sp³-hybridized carbons (Fsp3) is 0.294. The number of rotatable bonds is 1. The minimum Gasteiger partial charge on any atom is -0.345 e. The van der Waals surface area contributed by atoms with Crippen molar-refractivity contribution in [2.75, 3.05) is 0 Å². The molecule has 0 atom stereocenters. The summed E-state index contributed by atoms with van der Waals surface area (Å²) in [6.07, 6.45) is 4.32. The number of nitrogens with zero attached hydrogens (tertiary/aromatic N) is 1. The molecule has 1 aliphatic carbocycles. The van der Waals surface area contributed by atoms with E-state index in [2.05, 4.69) is 42.2 Å². The van der Waals surface area contributed by atoms with Gasteiger partial charge in [0.2, 0.25) is 0 Å². The van der Waals surface area contributed by atoms with E-state index in [1.54, 1.807) is 0 Å². The monoisotopic (exact) mass is 280 g/mol. The summed E-state index contributed by atoms with van der Waals surface area (Å²) in [6, 6.07) is 10.7. The van der Waals surface area contributed by atoms with E-state index in [1.807, 2.05) is 0 Å². The Morgan fingerprint density at radius 1 is 1.10 bits per heavy atom. The van der Waals surface area contributed by atoms with Gasteiger partial charge in [0.25, 0.3) is 0 Å². The smallest absolute Gasteiger partial charge is 0.121 e. The Morgan fingerprint density at radius 2 is 1.75 bits per heavy atom. The van der Waals surface area contributed by atoms with Crippen LogP contribution < -0.4 is 0 Å². The lowest BCUT2D eigenvalue weighted by Gasteiger charge is -2.21. The maximum atomic E-state index is 9.34. The van der Waals surface area contributed by atoms with Crippen LogP contribution in [0.4, 0.5) is 0 Å². The van der Waals surface area contributed by atoms with Gasteiger partial charge in [0.15, 0.2) is 0 Å². The number of aromatic amines is 1. The SMILES string of the molecule is Cc1ccc(-c2[nH]c(=S)c(C#N)c3c2CCCC3)cc1. The highest BCUT2D eigenvalue weighted by molar-refractivity contribution is 7.71. The maximum absolute atomic E-state index is 9.34. The standard InChI is InChI=1S/C17H16N2S/c1-11-6-8-12(9-7-11)16-14-5-3-2-4-13(14)15(10-18)17(20)19-16/h6-9H,2-5H2,1H3,(H,19,20). The Labute approximate surface area is 124 Å². The van der Waals surface area contributed by atoms with Crippen molar-refractivity contribution >= 4 is 12.2 Å². The van der Waals surface area contributed by atoms with E-state index in [1.165, 1.54) is 17.5 Å². The van der Waals surface area contributed by atoms with E-state index >= 15 is 0 Å². The van der Waals surface area contributed by atoms with Crippen LogP contribution >= 0.6 is 12.2 Å². The quantitative estimate of drug-likeness (QED) is 0.783. The zero-order chi connectivity index (χ0) is 14.1. The first-order valence-corrected chi connectivity index (χ1v) is 7.36. The maximum Gasteiger partial charge on any atom is 0.121 e. The van der Waals surface area contributed by atoms with Gasteiger partial charge in [-0.25, -0.2) is 0 Å². The molecule has 0 fully saturated rings. The van der Waals surface area contributed by atoms with E-state index < -0.39 is 0 Å². The number of benzene rings is 1. The van der Waals surface area contributed by atoms with Crippen molar-refractivity contribution in [1.29, 1.82) is 5.26 Å². The van der Waals surface area contributed by atoms with Crippen LogP contribution in [0.3, 0.4) is 0 Å². The van der Waals surface area contributed by atoms with E-state index in [9.17, 15) is 5.26 Å². The first-order chi connectivity index (χ1) is 9.70. The largest absolute Gasteiger partial charge is 0.345 e.